The van der Waals surface area contributed by atoms with E-state index in [4.69, 9.17) is 18.9 Å². The highest BCUT2D eigenvalue weighted by Gasteiger charge is 2.62. The summed E-state index contributed by atoms with van der Waals surface area (Å²) in [6.07, 6.45) is 13.1. The molecule has 4 heterocycles. The Balaban J connectivity index is 1.39. The Morgan fingerprint density at radius 1 is 1.14 bits per heavy atom. The van der Waals surface area contributed by atoms with E-state index in [1.54, 1.807) is 20.2 Å². The van der Waals surface area contributed by atoms with Crippen molar-refractivity contribution in [2.75, 3.05) is 26.9 Å². The number of benzene rings is 1. The summed E-state index contributed by atoms with van der Waals surface area (Å²) in [5.41, 5.74) is -0.778. The number of rotatable bonds is 3. The number of cyclic esters (lactones) is 1. The first-order valence-electron chi connectivity index (χ1n) is 17.7. The summed E-state index contributed by atoms with van der Waals surface area (Å²) >= 11 is 0. The number of carbonyl (C=O) groups is 4. The highest BCUT2D eigenvalue weighted by Crippen LogP contribution is 2.46. The quantitative estimate of drug-likeness (QED) is 0.333. The number of alkyl carbamates (subject to hydrolysis) is 1. The highest BCUT2D eigenvalue weighted by molar-refractivity contribution is 5.97. The Morgan fingerprint density at radius 3 is 2.78 bits per heavy atom. The van der Waals surface area contributed by atoms with Crippen molar-refractivity contribution in [1.82, 2.24) is 20.5 Å². The van der Waals surface area contributed by atoms with Crippen molar-refractivity contribution in [3.8, 4) is 11.6 Å². The van der Waals surface area contributed by atoms with Gasteiger partial charge in [-0.25, -0.2) is 14.6 Å². The molecule has 5 bridgehead atoms. The van der Waals surface area contributed by atoms with Crippen LogP contribution < -0.4 is 20.1 Å². The number of allylic oxidation sites excluding steroid dienone is 2. The normalized spacial score (nSPS) is 29.8. The Labute approximate surface area is 292 Å². The number of pyridine rings is 1. The van der Waals surface area contributed by atoms with Crippen LogP contribution in [0.15, 0.2) is 42.6 Å². The number of carbonyl (C=O) groups excluding carboxylic acids is 4. The molecule has 2 N–H and O–H groups in total. The molecule has 3 amide bonds. The molecular weight excluding hydrogens is 640 g/mol. The number of fused-ring (bicyclic) bond motifs is 4. The van der Waals surface area contributed by atoms with Gasteiger partial charge in [0.2, 0.25) is 17.7 Å². The lowest BCUT2D eigenvalue weighted by molar-refractivity contribution is -0.150. The number of hydrogen-bond acceptors (Lipinski definition) is 9. The fourth-order valence-corrected chi connectivity index (χ4v) is 7.15. The second kappa shape index (κ2) is 14.7. The van der Waals surface area contributed by atoms with Gasteiger partial charge >= 0.3 is 12.1 Å². The summed E-state index contributed by atoms with van der Waals surface area (Å²) in [5, 5.41) is 7.44. The van der Waals surface area contributed by atoms with Crippen LogP contribution in [0.2, 0.25) is 0 Å². The first-order chi connectivity index (χ1) is 24.0. The van der Waals surface area contributed by atoms with Gasteiger partial charge in [0.15, 0.2) is 0 Å². The maximum Gasteiger partial charge on any atom is 0.407 e. The van der Waals surface area contributed by atoms with Crippen molar-refractivity contribution in [2.24, 2.45) is 11.3 Å². The number of nitrogens with one attached hydrogen (secondary N) is 2. The number of hydrogen-bond donors (Lipinski definition) is 2. The van der Waals surface area contributed by atoms with Gasteiger partial charge in [0.1, 0.15) is 29.5 Å². The maximum absolute atomic E-state index is 14.4. The van der Waals surface area contributed by atoms with Crippen LogP contribution in [0.5, 0.6) is 11.6 Å². The van der Waals surface area contributed by atoms with E-state index in [1.807, 2.05) is 56.4 Å². The van der Waals surface area contributed by atoms with Gasteiger partial charge in [-0.3, -0.25) is 9.59 Å². The Hall–Kier alpha value is -4.61. The summed E-state index contributed by atoms with van der Waals surface area (Å²) in [6, 6.07) is 3.87. The number of ether oxygens (including phenoxy) is 4. The SMILES string of the molecule is CCOC(=O)[C@@]12CC1/C=C\CCCCC[C@@H]1NC(=O)OCC(C)(C)C/C=C/c3cc4c(nccc4cc3OC)O[C@@H]3C[C@@H](C(=O)N2)N(C3)C1=O. The Morgan fingerprint density at radius 2 is 1.98 bits per heavy atom. The fraction of sp³-hybridized carbons (Fsp3) is 0.553. The van der Waals surface area contributed by atoms with Crippen LogP contribution in [0.25, 0.3) is 16.8 Å². The smallest absolute Gasteiger partial charge is 0.407 e. The second-order valence-corrected chi connectivity index (χ2v) is 14.5. The molecule has 1 saturated carbocycles. The van der Waals surface area contributed by atoms with Crippen molar-refractivity contribution >= 4 is 40.7 Å². The van der Waals surface area contributed by atoms with Crippen LogP contribution in [0.3, 0.4) is 0 Å². The predicted octanol–water partition coefficient (Wildman–Crippen LogP) is 5.09. The van der Waals surface area contributed by atoms with E-state index in [-0.39, 0.29) is 32.1 Å². The van der Waals surface area contributed by atoms with E-state index in [1.165, 1.54) is 4.90 Å². The van der Waals surface area contributed by atoms with E-state index in [0.717, 1.165) is 35.6 Å². The van der Waals surface area contributed by atoms with Crippen molar-refractivity contribution in [3.63, 3.8) is 0 Å². The van der Waals surface area contributed by atoms with Gasteiger partial charge in [0.05, 0.1) is 26.9 Å². The monoisotopic (exact) mass is 688 g/mol. The molecule has 5 atom stereocenters. The number of amides is 3. The van der Waals surface area contributed by atoms with Crippen molar-refractivity contribution in [3.05, 3.63) is 48.2 Å². The van der Waals surface area contributed by atoms with E-state index in [9.17, 15) is 19.2 Å². The molecule has 1 unspecified atom stereocenters. The standard InChI is InChI=1S/C38H48N4O8/c1-5-48-35(45)38-21-26(38)13-9-7-6-8-10-14-29-34(44)42-22-27(20-30(42)32(43)41-38)50-33-28-18-25(31(47-4)19-24(28)15-17-39-33)12-11-16-37(2,3)23-49-36(46)40-29/h9,11-13,15,17-19,26-27,29-30H,5-8,10,14,16,20-23H2,1-4H3,(H,40,46)(H,41,43)/b12-11+,13-9-/t26?,27-,29+,30+,38-/m1/s1. The molecule has 12 nitrogen and oxygen atoms in total. The third-order valence-electron chi connectivity index (χ3n) is 10.1. The number of aromatic nitrogens is 1. The minimum Gasteiger partial charge on any atom is -0.496 e. The van der Waals surface area contributed by atoms with Crippen LogP contribution in [0.4, 0.5) is 4.79 Å². The molecule has 3 aliphatic heterocycles. The fourth-order valence-electron chi connectivity index (χ4n) is 7.15. The number of esters is 1. The summed E-state index contributed by atoms with van der Waals surface area (Å²) < 4.78 is 23.3. The summed E-state index contributed by atoms with van der Waals surface area (Å²) in [7, 11) is 1.62. The van der Waals surface area contributed by atoms with E-state index in [2.05, 4.69) is 15.6 Å². The molecule has 1 aromatic heterocycles. The summed E-state index contributed by atoms with van der Waals surface area (Å²) in [6.45, 7) is 6.12. The molecule has 1 saturated heterocycles. The molecular formula is C38H48N4O8. The van der Waals surface area contributed by atoms with Gasteiger partial charge in [-0.15, -0.1) is 0 Å². The van der Waals surface area contributed by atoms with Gasteiger partial charge in [-0.1, -0.05) is 51.0 Å². The number of nitrogens with zero attached hydrogens (tertiary/aromatic N) is 2. The summed E-state index contributed by atoms with van der Waals surface area (Å²) in [4.78, 5) is 61.1. The number of methoxy groups -OCH3 is 1. The topological polar surface area (TPSA) is 145 Å². The maximum atomic E-state index is 14.4. The minimum atomic E-state index is -1.20. The van der Waals surface area contributed by atoms with Crippen LogP contribution in [0.1, 0.15) is 77.7 Å². The van der Waals surface area contributed by atoms with Crippen molar-refractivity contribution in [2.45, 2.75) is 95.9 Å². The Bertz CT molecular complexity index is 1690. The van der Waals surface area contributed by atoms with Gasteiger partial charge in [-0.05, 0) is 62.6 Å². The average Bonchev–Trinajstić information content (AvgIpc) is 3.62. The lowest BCUT2D eigenvalue weighted by atomic mass is 9.90. The van der Waals surface area contributed by atoms with Crippen molar-refractivity contribution in [1.29, 1.82) is 0 Å². The minimum absolute atomic E-state index is 0.0773. The van der Waals surface area contributed by atoms with E-state index < -0.39 is 53.0 Å². The average molecular weight is 689 g/mol. The molecule has 1 aromatic carbocycles. The molecule has 268 valence electrons. The van der Waals surface area contributed by atoms with Crippen LogP contribution in [-0.4, -0.2) is 84.4 Å². The summed E-state index contributed by atoms with van der Waals surface area (Å²) in [5.74, 6) is -0.517. The Kier molecular flexibility index (Phi) is 10.4. The van der Waals surface area contributed by atoms with E-state index >= 15 is 0 Å². The largest absolute Gasteiger partial charge is 0.496 e. The van der Waals surface area contributed by atoms with Gasteiger partial charge in [0.25, 0.3) is 0 Å². The van der Waals surface area contributed by atoms with Crippen LogP contribution >= 0.6 is 0 Å². The van der Waals surface area contributed by atoms with Crippen LogP contribution in [-0.2, 0) is 23.9 Å². The predicted molar refractivity (Wildman–Crippen MR) is 186 cm³/mol. The van der Waals surface area contributed by atoms with Crippen molar-refractivity contribution < 1.29 is 38.1 Å². The second-order valence-electron chi connectivity index (χ2n) is 14.5. The molecule has 50 heavy (non-hydrogen) atoms. The van der Waals surface area contributed by atoms with Gasteiger partial charge in [0, 0.05) is 34.9 Å². The third-order valence-corrected chi connectivity index (χ3v) is 10.1. The highest BCUT2D eigenvalue weighted by atomic mass is 16.6. The lowest BCUT2D eigenvalue weighted by Gasteiger charge is -2.30. The molecule has 2 aromatic rings. The molecule has 6 rings (SSSR count). The zero-order chi connectivity index (χ0) is 35.5. The lowest BCUT2D eigenvalue weighted by Crippen LogP contribution is -2.56. The van der Waals surface area contributed by atoms with Crippen LogP contribution in [0, 0.1) is 11.3 Å². The molecule has 4 aliphatic rings. The first-order valence-corrected chi connectivity index (χ1v) is 17.7. The zero-order valence-corrected chi connectivity index (χ0v) is 29.4. The van der Waals surface area contributed by atoms with E-state index in [0.29, 0.717) is 37.3 Å². The molecule has 0 radical (unpaired) electrons. The first kappa shape index (κ1) is 35.2. The molecule has 2 fully saturated rings. The molecule has 0 spiro atoms. The third kappa shape index (κ3) is 7.58. The van der Waals surface area contributed by atoms with Gasteiger partial charge < -0.3 is 34.5 Å². The molecule has 1 aliphatic carbocycles. The van der Waals surface area contributed by atoms with Gasteiger partial charge in [-0.2, -0.15) is 0 Å². The molecule has 12 heteroatoms. The zero-order valence-electron chi connectivity index (χ0n) is 29.4.